The third-order valence-corrected chi connectivity index (χ3v) is 8.13. The SMILES string of the molecule is C=CC[C@]12/C(=N/S(=O)(=O)c3ccc(C)cc3)C[C@H]1CO[C@H]2C1CCCCC1. The molecule has 1 aromatic carbocycles. The summed E-state index contributed by atoms with van der Waals surface area (Å²) >= 11 is 0. The number of rotatable bonds is 5. The Bertz CT molecular complexity index is 837. The monoisotopic (exact) mass is 387 g/mol. The van der Waals surface area contributed by atoms with Crippen LogP contribution in [0, 0.1) is 24.2 Å². The third-order valence-electron chi connectivity index (χ3n) is 6.80. The summed E-state index contributed by atoms with van der Waals surface area (Å²) in [6.07, 6.45) is 9.61. The molecular formula is C22H29NO3S. The first-order chi connectivity index (χ1) is 13.0. The van der Waals surface area contributed by atoms with E-state index >= 15 is 0 Å². The summed E-state index contributed by atoms with van der Waals surface area (Å²) < 4.78 is 36.5. The highest BCUT2D eigenvalue weighted by atomic mass is 32.2. The molecule has 0 N–H and O–H groups in total. The molecule has 4 nitrogen and oxygen atoms in total. The summed E-state index contributed by atoms with van der Waals surface area (Å²) in [5, 5.41) is 0. The predicted molar refractivity (Wildman–Crippen MR) is 107 cm³/mol. The van der Waals surface area contributed by atoms with E-state index in [0.717, 1.165) is 30.7 Å². The molecule has 1 aliphatic heterocycles. The molecule has 1 saturated heterocycles. The summed E-state index contributed by atoms with van der Waals surface area (Å²) in [6, 6.07) is 6.93. The maximum Gasteiger partial charge on any atom is 0.282 e. The summed E-state index contributed by atoms with van der Waals surface area (Å²) in [7, 11) is -3.69. The van der Waals surface area contributed by atoms with Crippen LogP contribution in [0.5, 0.6) is 0 Å². The van der Waals surface area contributed by atoms with Gasteiger partial charge in [-0.2, -0.15) is 12.8 Å². The van der Waals surface area contributed by atoms with Crippen LogP contribution in [0.4, 0.5) is 0 Å². The quantitative estimate of drug-likeness (QED) is 0.689. The van der Waals surface area contributed by atoms with Crippen molar-refractivity contribution in [1.82, 2.24) is 0 Å². The van der Waals surface area contributed by atoms with Crippen LogP contribution in [0.1, 0.15) is 50.5 Å². The fourth-order valence-electron chi connectivity index (χ4n) is 5.35. The van der Waals surface area contributed by atoms with Crippen molar-refractivity contribution in [3.63, 3.8) is 0 Å². The number of aryl methyl sites for hydroxylation is 1. The van der Waals surface area contributed by atoms with Crippen molar-refractivity contribution in [1.29, 1.82) is 0 Å². The van der Waals surface area contributed by atoms with Gasteiger partial charge in [-0.05, 0) is 50.7 Å². The number of ether oxygens (including phenoxy) is 1. The van der Waals surface area contributed by atoms with Crippen LogP contribution in [-0.4, -0.2) is 26.8 Å². The largest absolute Gasteiger partial charge is 0.377 e. The molecule has 1 aromatic rings. The Morgan fingerprint density at radius 2 is 1.93 bits per heavy atom. The minimum atomic E-state index is -3.69. The van der Waals surface area contributed by atoms with Gasteiger partial charge in [-0.15, -0.1) is 6.58 Å². The average molecular weight is 388 g/mol. The molecule has 27 heavy (non-hydrogen) atoms. The minimum absolute atomic E-state index is 0.0847. The molecule has 5 heteroatoms. The molecule has 0 bridgehead atoms. The maximum atomic E-state index is 12.9. The molecule has 0 radical (unpaired) electrons. The fraction of sp³-hybridized carbons (Fsp3) is 0.591. The Hall–Kier alpha value is -1.46. The van der Waals surface area contributed by atoms with Gasteiger partial charge in [-0.3, -0.25) is 0 Å². The van der Waals surface area contributed by atoms with Gasteiger partial charge in [0.2, 0.25) is 0 Å². The second kappa shape index (κ2) is 7.17. The van der Waals surface area contributed by atoms with E-state index in [-0.39, 0.29) is 16.4 Å². The number of nitrogens with zero attached hydrogens (tertiary/aromatic N) is 1. The van der Waals surface area contributed by atoms with E-state index in [9.17, 15) is 8.42 Å². The van der Waals surface area contributed by atoms with Gasteiger partial charge in [0.1, 0.15) is 0 Å². The number of sulfonamides is 1. The Balaban J connectivity index is 1.68. The van der Waals surface area contributed by atoms with Crippen molar-refractivity contribution < 1.29 is 13.2 Å². The van der Waals surface area contributed by atoms with Gasteiger partial charge in [0, 0.05) is 17.0 Å². The van der Waals surface area contributed by atoms with E-state index in [1.165, 1.54) is 32.1 Å². The lowest BCUT2D eigenvalue weighted by Crippen LogP contribution is -2.55. The van der Waals surface area contributed by atoms with Gasteiger partial charge < -0.3 is 4.74 Å². The van der Waals surface area contributed by atoms with Crippen LogP contribution in [0.15, 0.2) is 46.2 Å². The van der Waals surface area contributed by atoms with Gasteiger partial charge >= 0.3 is 0 Å². The lowest BCUT2D eigenvalue weighted by atomic mass is 9.53. The molecule has 0 unspecified atom stereocenters. The minimum Gasteiger partial charge on any atom is -0.377 e. The highest BCUT2D eigenvalue weighted by Crippen LogP contribution is 2.58. The zero-order chi connectivity index (χ0) is 19.1. The molecule has 0 spiro atoms. The fourth-order valence-corrected chi connectivity index (χ4v) is 6.47. The number of hydrogen-bond acceptors (Lipinski definition) is 3. The van der Waals surface area contributed by atoms with E-state index in [4.69, 9.17) is 4.74 Å². The Labute approximate surface area is 162 Å². The van der Waals surface area contributed by atoms with Gasteiger partial charge in [0.05, 0.1) is 17.6 Å². The predicted octanol–water partition coefficient (Wildman–Crippen LogP) is 4.69. The second-order valence-electron chi connectivity index (χ2n) is 8.41. The van der Waals surface area contributed by atoms with Crippen LogP contribution in [-0.2, 0) is 14.8 Å². The van der Waals surface area contributed by atoms with Gasteiger partial charge in [-0.1, -0.05) is 43.0 Å². The topological polar surface area (TPSA) is 55.7 Å². The summed E-state index contributed by atoms with van der Waals surface area (Å²) in [5.74, 6) is 0.880. The summed E-state index contributed by atoms with van der Waals surface area (Å²) in [6.45, 7) is 6.62. The Kier molecular flexibility index (Phi) is 5.02. The highest BCUT2D eigenvalue weighted by molar-refractivity contribution is 7.90. The normalized spacial score (nSPS) is 32.9. The van der Waals surface area contributed by atoms with Crippen molar-refractivity contribution >= 4 is 15.7 Å². The van der Waals surface area contributed by atoms with E-state index in [0.29, 0.717) is 11.8 Å². The molecule has 4 rings (SSSR count). The molecular weight excluding hydrogens is 358 g/mol. The second-order valence-corrected chi connectivity index (χ2v) is 10.0. The van der Waals surface area contributed by atoms with Crippen molar-refractivity contribution in [2.75, 3.05) is 6.61 Å². The van der Waals surface area contributed by atoms with Crippen LogP contribution in [0.2, 0.25) is 0 Å². The zero-order valence-corrected chi connectivity index (χ0v) is 16.9. The summed E-state index contributed by atoms with van der Waals surface area (Å²) in [5.41, 5.74) is 1.58. The molecule has 0 amide bonds. The van der Waals surface area contributed by atoms with E-state index in [1.807, 2.05) is 25.1 Å². The van der Waals surface area contributed by atoms with Gasteiger partial charge in [0.25, 0.3) is 10.0 Å². The first-order valence-corrected chi connectivity index (χ1v) is 11.5. The molecule has 1 heterocycles. The van der Waals surface area contributed by atoms with Crippen molar-refractivity contribution in [2.45, 2.75) is 62.9 Å². The molecule has 3 fully saturated rings. The summed E-state index contributed by atoms with van der Waals surface area (Å²) in [4.78, 5) is 0.269. The van der Waals surface area contributed by atoms with E-state index in [2.05, 4.69) is 11.0 Å². The molecule has 2 aliphatic carbocycles. The van der Waals surface area contributed by atoms with Crippen LogP contribution >= 0.6 is 0 Å². The molecule has 3 atom stereocenters. The first kappa shape index (κ1) is 18.9. The lowest BCUT2D eigenvalue weighted by molar-refractivity contribution is 0.00916. The van der Waals surface area contributed by atoms with Gasteiger partial charge in [-0.25, -0.2) is 0 Å². The molecule has 0 aromatic heterocycles. The van der Waals surface area contributed by atoms with E-state index < -0.39 is 10.0 Å². The van der Waals surface area contributed by atoms with Gasteiger partial charge in [0.15, 0.2) is 0 Å². The first-order valence-electron chi connectivity index (χ1n) is 10.1. The van der Waals surface area contributed by atoms with Crippen LogP contribution in [0.3, 0.4) is 0 Å². The zero-order valence-electron chi connectivity index (χ0n) is 16.1. The maximum absolute atomic E-state index is 12.9. The molecule has 146 valence electrons. The average Bonchev–Trinajstić information content (AvgIpc) is 2.94. The van der Waals surface area contributed by atoms with Crippen molar-refractivity contribution in [3.8, 4) is 0 Å². The number of benzene rings is 1. The molecule has 2 saturated carbocycles. The highest BCUT2D eigenvalue weighted by Gasteiger charge is 2.63. The lowest BCUT2D eigenvalue weighted by Gasteiger charge is -2.50. The number of fused-ring (bicyclic) bond motifs is 1. The standard InChI is InChI=1S/C22H29NO3S/c1-3-13-22-18(15-26-21(22)17-7-5-4-6-8-17)14-20(22)23-27(24,25)19-11-9-16(2)10-12-19/h3,9-12,17-18,21H,1,4-8,13-15H2,2H3/b23-20+/t18-,21-,22+/m0/s1. The van der Waals surface area contributed by atoms with E-state index in [1.54, 1.807) is 12.1 Å². The molecule has 3 aliphatic rings. The van der Waals surface area contributed by atoms with Crippen LogP contribution < -0.4 is 0 Å². The Morgan fingerprint density at radius 1 is 1.22 bits per heavy atom. The third kappa shape index (κ3) is 3.19. The van der Waals surface area contributed by atoms with Crippen LogP contribution in [0.25, 0.3) is 0 Å². The van der Waals surface area contributed by atoms with Crippen molar-refractivity contribution in [2.24, 2.45) is 21.6 Å². The smallest absolute Gasteiger partial charge is 0.282 e. The number of allylic oxidation sites excluding steroid dienone is 1. The Morgan fingerprint density at radius 3 is 2.59 bits per heavy atom. The van der Waals surface area contributed by atoms with Crippen molar-refractivity contribution in [3.05, 3.63) is 42.5 Å². The number of hydrogen-bond donors (Lipinski definition) is 0.